The number of carbonyl (C=O) groups is 1. The first-order valence-corrected chi connectivity index (χ1v) is 11.7. The normalized spacial score (nSPS) is 16.7. The molecule has 0 radical (unpaired) electrons. The van der Waals surface area contributed by atoms with Gasteiger partial charge in [0.25, 0.3) is 0 Å². The first-order chi connectivity index (χ1) is 14.3. The Balaban J connectivity index is 1.92. The number of ether oxygens (including phenoxy) is 2. The van der Waals surface area contributed by atoms with Gasteiger partial charge in [0.05, 0.1) is 31.8 Å². The van der Waals surface area contributed by atoms with Crippen molar-refractivity contribution in [1.82, 2.24) is 4.90 Å². The lowest BCUT2D eigenvalue weighted by Gasteiger charge is -2.38. The van der Waals surface area contributed by atoms with Crippen molar-refractivity contribution in [2.45, 2.75) is 18.9 Å². The fourth-order valence-corrected chi connectivity index (χ4v) is 5.11. The Labute approximate surface area is 177 Å². The van der Waals surface area contributed by atoms with Crippen molar-refractivity contribution in [2.24, 2.45) is 5.73 Å². The third-order valence-corrected chi connectivity index (χ3v) is 7.07. The first kappa shape index (κ1) is 22.1. The van der Waals surface area contributed by atoms with E-state index < -0.39 is 15.7 Å². The highest BCUT2D eigenvalue weighted by Gasteiger charge is 2.31. The molecule has 1 unspecified atom stereocenters. The summed E-state index contributed by atoms with van der Waals surface area (Å²) in [6.07, 6.45) is 0.630. The molecular formula is C22H28N2O5S. The number of amides is 1. The second-order valence-corrected chi connectivity index (χ2v) is 9.68. The maximum atomic E-state index is 12.4. The fourth-order valence-electron chi connectivity index (χ4n) is 3.88. The van der Waals surface area contributed by atoms with Crippen molar-refractivity contribution < 1.29 is 22.7 Å². The third kappa shape index (κ3) is 5.12. The smallest absolute Gasteiger partial charge is 0.218 e. The van der Waals surface area contributed by atoms with Gasteiger partial charge in [0.2, 0.25) is 5.91 Å². The molecule has 8 heteroatoms. The Morgan fingerprint density at radius 2 is 1.77 bits per heavy atom. The van der Waals surface area contributed by atoms with Gasteiger partial charge >= 0.3 is 0 Å². The summed E-state index contributed by atoms with van der Waals surface area (Å²) >= 11 is 0. The van der Waals surface area contributed by atoms with E-state index in [4.69, 9.17) is 15.2 Å². The molecule has 2 N–H and O–H groups in total. The molecule has 3 rings (SSSR count). The lowest BCUT2D eigenvalue weighted by Crippen LogP contribution is -2.39. The predicted octanol–water partition coefficient (Wildman–Crippen LogP) is 1.94. The monoisotopic (exact) mass is 432 g/mol. The van der Waals surface area contributed by atoms with Crippen LogP contribution >= 0.6 is 0 Å². The number of hydrogen-bond acceptors (Lipinski definition) is 6. The zero-order valence-electron chi connectivity index (χ0n) is 17.3. The van der Waals surface area contributed by atoms with Crippen LogP contribution in [-0.4, -0.2) is 58.0 Å². The molecule has 0 spiro atoms. The molecule has 1 heterocycles. The Morgan fingerprint density at radius 3 is 2.40 bits per heavy atom. The van der Waals surface area contributed by atoms with E-state index in [-0.39, 0.29) is 24.0 Å². The average Bonchev–Trinajstić information content (AvgIpc) is 2.75. The standard InChI is InChI=1S/C22H28N2O5S/c1-28-19-14-17-8-10-24(11-13-30(26,27)12-9-21(23)25)22(16-6-4-3-5-7-16)18(17)15-20(19)29-2/h3-7,14-15,22H,8-13H2,1-2H3,(H2,23,25). The van der Waals surface area contributed by atoms with Gasteiger partial charge in [-0.25, -0.2) is 8.42 Å². The lowest BCUT2D eigenvalue weighted by atomic mass is 9.87. The van der Waals surface area contributed by atoms with E-state index in [1.54, 1.807) is 14.2 Å². The highest BCUT2D eigenvalue weighted by Crippen LogP contribution is 2.40. The van der Waals surface area contributed by atoms with E-state index in [1.807, 2.05) is 42.5 Å². The second kappa shape index (κ2) is 9.49. The fraction of sp³-hybridized carbons (Fsp3) is 0.409. The zero-order chi connectivity index (χ0) is 21.7. The van der Waals surface area contributed by atoms with Crippen LogP contribution in [0.4, 0.5) is 0 Å². The molecule has 7 nitrogen and oxygen atoms in total. The number of primary amides is 1. The Hall–Kier alpha value is -2.58. The van der Waals surface area contributed by atoms with Crippen molar-refractivity contribution in [1.29, 1.82) is 0 Å². The largest absolute Gasteiger partial charge is 0.493 e. The first-order valence-electron chi connectivity index (χ1n) is 9.87. The Bertz CT molecular complexity index is 992. The number of nitrogens with two attached hydrogens (primary N) is 1. The van der Waals surface area contributed by atoms with Crippen LogP contribution in [0.25, 0.3) is 0 Å². The van der Waals surface area contributed by atoms with Crippen LogP contribution in [0.15, 0.2) is 42.5 Å². The van der Waals surface area contributed by atoms with Gasteiger partial charge in [-0.3, -0.25) is 9.69 Å². The molecule has 0 aliphatic carbocycles. The third-order valence-electron chi connectivity index (χ3n) is 5.44. The van der Waals surface area contributed by atoms with Crippen molar-refractivity contribution in [3.8, 4) is 11.5 Å². The second-order valence-electron chi connectivity index (χ2n) is 7.37. The SMILES string of the molecule is COc1cc2c(cc1OC)C(c1ccccc1)N(CCS(=O)(=O)CCC(N)=O)CC2. The maximum absolute atomic E-state index is 12.4. The van der Waals surface area contributed by atoms with Crippen LogP contribution in [0.3, 0.4) is 0 Å². The number of carbonyl (C=O) groups excluding carboxylic acids is 1. The van der Waals surface area contributed by atoms with Crippen molar-refractivity contribution in [2.75, 3.05) is 38.8 Å². The van der Waals surface area contributed by atoms with E-state index in [0.29, 0.717) is 24.6 Å². The number of benzene rings is 2. The summed E-state index contributed by atoms with van der Waals surface area (Å²) < 4.78 is 35.7. The van der Waals surface area contributed by atoms with Gasteiger partial charge in [0.15, 0.2) is 21.3 Å². The number of methoxy groups -OCH3 is 2. The van der Waals surface area contributed by atoms with Gasteiger partial charge in [-0.2, -0.15) is 0 Å². The molecule has 1 amide bonds. The number of nitrogens with zero attached hydrogens (tertiary/aromatic N) is 1. The van der Waals surface area contributed by atoms with Crippen LogP contribution in [0.1, 0.15) is 29.2 Å². The van der Waals surface area contributed by atoms with Gasteiger partial charge in [-0.1, -0.05) is 30.3 Å². The minimum absolute atomic E-state index is 0.0216. The van der Waals surface area contributed by atoms with Gasteiger partial charge in [0.1, 0.15) is 0 Å². The molecule has 30 heavy (non-hydrogen) atoms. The van der Waals surface area contributed by atoms with E-state index in [0.717, 1.165) is 23.1 Å². The number of rotatable bonds is 9. The molecule has 0 fully saturated rings. The molecule has 2 aromatic carbocycles. The van der Waals surface area contributed by atoms with E-state index in [2.05, 4.69) is 4.90 Å². The van der Waals surface area contributed by atoms with Crippen LogP contribution < -0.4 is 15.2 Å². The molecule has 0 saturated carbocycles. The van der Waals surface area contributed by atoms with Gasteiger partial charge in [0, 0.05) is 19.5 Å². The minimum Gasteiger partial charge on any atom is -0.493 e. The summed E-state index contributed by atoms with van der Waals surface area (Å²) in [7, 11) is -0.149. The maximum Gasteiger partial charge on any atom is 0.218 e. The van der Waals surface area contributed by atoms with E-state index in [1.165, 1.54) is 0 Å². The summed E-state index contributed by atoms with van der Waals surface area (Å²) in [5.41, 5.74) is 8.43. The van der Waals surface area contributed by atoms with Gasteiger partial charge in [-0.05, 0) is 35.2 Å². The summed E-state index contributed by atoms with van der Waals surface area (Å²) in [6, 6.07) is 13.9. The van der Waals surface area contributed by atoms with Gasteiger partial charge < -0.3 is 15.2 Å². The molecule has 1 aliphatic rings. The van der Waals surface area contributed by atoms with Crippen molar-refractivity contribution in [3.63, 3.8) is 0 Å². The van der Waals surface area contributed by atoms with Crippen LogP contribution in [0.5, 0.6) is 11.5 Å². The predicted molar refractivity (Wildman–Crippen MR) is 116 cm³/mol. The van der Waals surface area contributed by atoms with E-state index in [9.17, 15) is 13.2 Å². The molecule has 162 valence electrons. The molecular weight excluding hydrogens is 404 g/mol. The highest BCUT2D eigenvalue weighted by molar-refractivity contribution is 7.91. The number of hydrogen-bond donors (Lipinski definition) is 1. The molecule has 0 saturated heterocycles. The lowest BCUT2D eigenvalue weighted by molar-refractivity contribution is -0.117. The summed E-state index contributed by atoms with van der Waals surface area (Å²) in [4.78, 5) is 13.1. The Kier molecular flexibility index (Phi) is 6.99. The molecule has 0 aromatic heterocycles. The quantitative estimate of drug-likeness (QED) is 0.650. The van der Waals surface area contributed by atoms with E-state index >= 15 is 0 Å². The van der Waals surface area contributed by atoms with Gasteiger partial charge in [-0.15, -0.1) is 0 Å². The van der Waals surface area contributed by atoms with Crippen molar-refractivity contribution in [3.05, 3.63) is 59.2 Å². The van der Waals surface area contributed by atoms with Crippen molar-refractivity contribution >= 4 is 15.7 Å². The minimum atomic E-state index is -3.37. The van der Waals surface area contributed by atoms with Crippen LogP contribution in [0.2, 0.25) is 0 Å². The van der Waals surface area contributed by atoms with Crippen LogP contribution in [0, 0.1) is 0 Å². The molecule has 1 aliphatic heterocycles. The molecule has 2 aromatic rings. The summed E-state index contributed by atoms with van der Waals surface area (Å²) in [5, 5.41) is 0. The number of sulfone groups is 1. The molecule has 0 bridgehead atoms. The topological polar surface area (TPSA) is 98.9 Å². The molecule has 1 atom stereocenters. The van der Waals surface area contributed by atoms with Crippen LogP contribution in [-0.2, 0) is 21.1 Å². The zero-order valence-corrected chi connectivity index (χ0v) is 18.2. The Morgan fingerprint density at radius 1 is 1.10 bits per heavy atom. The number of fused-ring (bicyclic) bond motifs is 1. The highest BCUT2D eigenvalue weighted by atomic mass is 32.2. The average molecular weight is 433 g/mol. The summed E-state index contributed by atoms with van der Waals surface area (Å²) in [6.45, 7) is 1.09. The summed E-state index contributed by atoms with van der Waals surface area (Å²) in [5.74, 6) is 0.493.